The molecule has 0 bridgehead atoms. The van der Waals surface area contributed by atoms with E-state index in [2.05, 4.69) is 24.5 Å². The SMILES string of the molecule is CCC1(CNC(C)CC2CCCCN2)CCC1. The van der Waals surface area contributed by atoms with Gasteiger partial charge < -0.3 is 10.6 Å². The lowest BCUT2D eigenvalue weighted by molar-refractivity contribution is 0.118. The molecular formula is C15H30N2. The molecule has 1 heterocycles. The minimum atomic E-state index is 0.661. The summed E-state index contributed by atoms with van der Waals surface area (Å²) < 4.78 is 0. The molecule has 0 aromatic carbocycles. The maximum atomic E-state index is 3.78. The van der Waals surface area contributed by atoms with Crippen LogP contribution >= 0.6 is 0 Å². The molecule has 2 fully saturated rings. The summed E-state index contributed by atoms with van der Waals surface area (Å²) in [5.41, 5.74) is 0.661. The van der Waals surface area contributed by atoms with E-state index >= 15 is 0 Å². The first-order chi connectivity index (χ1) is 8.24. The fraction of sp³-hybridized carbons (Fsp3) is 1.00. The van der Waals surface area contributed by atoms with E-state index in [0.717, 1.165) is 6.04 Å². The molecule has 2 N–H and O–H groups in total. The predicted octanol–water partition coefficient (Wildman–Crippen LogP) is 3.08. The van der Waals surface area contributed by atoms with E-state index in [1.54, 1.807) is 0 Å². The Hall–Kier alpha value is -0.0800. The van der Waals surface area contributed by atoms with Crippen molar-refractivity contribution in [1.82, 2.24) is 10.6 Å². The Bertz CT molecular complexity index is 211. The van der Waals surface area contributed by atoms with E-state index in [9.17, 15) is 0 Å². The van der Waals surface area contributed by atoms with E-state index in [-0.39, 0.29) is 0 Å². The first-order valence-corrected chi connectivity index (χ1v) is 7.71. The third-order valence-corrected chi connectivity index (χ3v) is 5.04. The molecule has 2 atom stereocenters. The van der Waals surface area contributed by atoms with Gasteiger partial charge in [-0.2, -0.15) is 0 Å². The molecule has 1 aliphatic heterocycles. The molecule has 17 heavy (non-hydrogen) atoms. The molecule has 0 spiro atoms. The van der Waals surface area contributed by atoms with Gasteiger partial charge in [-0.3, -0.25) is 0 Å². The van der Waals surface area contributed by atoms with Crippen molar-refractivity contribution in [3.05, 3.63) is 0 Å². The van der Waals surface area contributed by atoms with Crippen LogP contribution in [0.1, 0.15) is 65.2 Å². The normalized spacial score (nSPS) is 29.6. The van der Waals surface area contributed by atoms with Gasteiger partial charge in [0.05, 0.1) is 0 Å². The number of nitrogens with one attached hydrogen (secondary N) is 2. The molecule has 2 aliphatic rings. The highest BCUT2D eigenvalue weighted by Crippen LogP contribution is 2.43. The lowest BCUT2D eigenvalue weighted by Crippen LogP contribution is -2.45. The highest BCUT2D eigenvalue weighted by atomic mass is 15.0. The summed E-state index contributed by atoms with van der Waals surface area (Å²) in [5, 5.41) is 7.43. The summed E-state index contributed by atoms with van der Waals surface area (Å²) >= 11 is 0. The van der Waals surface area contributed by atoms with Gasteiger partial charge in [0.25, 0.3) is 0 Å². The minimum absolute atomic E-state index is 0.661. The second-order valence-electron chi connectivity index (χ2n) is 6.37. The lowest BCUT2D eigenvalue weighted by Gasteiger charge is -2.42. The Morgan fingerprint density at radius 2 is 2.12 bits per heavy atom. The highest BCUT2D eigenvalue weighted by molar-refractivity contribution is 4.89. The van der Waals surface area contributed by atoms with Crippen LogP contribution in [-0.4, -0.2) is 25.2 Å². The van der Waals surface area contributed by atoms with Crippen molar-refractivity contribution in [3.63, 3.8) is 0 Å². The van der Waals surface area contributed by atoms with E-state index in [4.69, 9.17) is 0 Å². The van der Waals surface area contributed by atoms with Gasteiger partial charge in [0.15, 0.2) is 0 Å². The van der Waals surface area contributed by atoms with Crippen LogP contribution in [0.4, 0.5) is 0 Å². The quantitative estimate of drug-likeness (QED) is 0.743. The van der Waals surface area contributed by atoms with E-state index in [0.29, 0.717) is 11.5 Å². The van der Waals surface area contributed by atoms with Crippen molar-refractivity contribution in [1.29, 1.82) is 0 Å². The maximum Gasteiger partial charge on any atom is 0.00817 e. The lowest BCUT2D eigenvalue weighted by atomic mass is 9.67. The van der Waals surface area contributed by atoms with Crippen LogP contribution in [0.3, 0.4) is 0 Å². The average molecular weight is 238 g/mol. The van der Waals surface area contributed by atoms with Crippen molar-refractivity contribution < 1.29 is 0 Å². The van der Waals surface area contributed by atoms with Crippen molar-refractivity contribution in [2.75, 3.05) is 13.1 Å². The zero-order valence-electron chi connectivity index (χ0n) is 11.7. The Kier molecular flexibility index (Phi) is 4.87. The number of piperidine rings is 1. The molecule has 2 nitrogen and oxygen atoms in total. The summed E-state index contributed by atoms with van der Waals surface area (Å²) in [6.07, 6.45) is 11.2. The third-order valence-electron chi connectivity index (χ3n) is 5.04. The minimum Gasteiger partial charge on any atom is -0.314 e. The van der Waals surface area contributed by atoms with Gasteiger partial charge in [0.2, 0.25) is 0 Å². The standard InChI is InChI=1S/C15H30N2/c1-3-15(8-6-9-15)12-17-13(2)11-14-7-4-5-10-16-14/h13-14,16-17H,3-12H2,1-2H3. The first kappa shape index (κ1) is 13.4. The van der Waals surface area contributed by atoms with E-state index in [1.807, 2.05) is 0 Å². The molecular weight excluding hydrogens is 208 g/mol. The predicted molar refractivity (Wildman–Crippen MR) is 74.3 cm³/mol. The zero-order valence-corrected chi connectivity index (χ0v) is 11.7. The summed E-state index contributed by atoms with van der Waals surface area (Å²) in [6.45, 7) is 7.19. The fourth-order valence-corrected chi connectivity index (χ4v) is 3.36. The molecule has 0 amide bonds. The molecule has 1 saturated carbocycles. The monoisotopic (exact) mass is 238 g/mol. The first-order valence-electron chi connectivity index (χ1n) is 7.71. The Morgan fingerprint density at radius 3 is 2.65 bits per heavy atom. The Labute approximate surface area is 107 Å². The number of hydrogen-bond acceptors (Lipinski definition) is 2. The second-order valence-corrected chi connectivity index (χ2v) is 6.37. The molecule has 1 saturated heterocycles. The van der Waals surface area contributed by atoms with Gasteiger partial charge in [-0.15, -0.1) is 0 Å². The van der Waals surface area contributed by atoms with Crippen molar-refractivity contribution >= 4 is 0 Å². The largest absolute Gasteiger partial charge is 0.314 e. The van der Waals surface area contributed by atoms with Gasteiger partial charge >= 0.3 is 0 Å². The second kappa shape index (κ2) is 6.19. The van der Waals surface area contributed by atoms with Crippen LogP contribution in [0.5, 0.6) is 0 Å². The average Bonchev–Trinajstić information content (AvgIpc) is 2.29. The molecule has 0 aromatic heterocycles. The Balaban J connectivity index is 1.64. The van der Waals surface area contributed by atoms with Gasteiger partial charge in [-0.05, 0) is 57.4 Å². The van der Waals surface area contributed by atoms with Crippen LogP contribution in [0.2, 0.25) is 0 Å². The van der Waals surface area contributed by atoms with Crippen LogP contribution in [-0.2, 0) is 0 Å². The topological polar surface area (TPSA) is 24.1 Å². The van der Waals surface area contributed by atoms with E-state index in [1.165, 1.54) is 64.5 Å². The molecule has 2 rings (SSSR count). The fourth-order valence-electron chi connectivity index (χ4n) is 3.36. The molecule has 0 aromatic rings. The van der Waals surface area contributed by atoms with Crippen molar-refractivity contribution in [3.8, 4) is 0 Å². The third kappa shape index (κ3) is 3.69. The van der Waals surface area contributed by atoms with Crippen molar-refractivity contribution in [2.24, 2.45) is 5.41 Å². The van der Waals surface area contributed by atoms with Crippen LogP contribution in [0, 0.1) is 5.41 Å². The molecule has 1 aliphatic carbocycles. The molecule has 2 unspecified atom stereocenters. The molecule has 2 heteroatoms. The Morgan fingerprint density at radius 1 is 1.29 bits per heavy atom. The molecule has 0 radical (unpaired) electrons. The van der Waals surface area contributed by atoms with Gasteiger partial charge in [0.1, 0.15) is 0 Å². The van der Waals surface area contributed by atoms with Crippen LogP contribution in [0.25, 0.3) is 0 Å². The van der Waals surface area contributed by atoms with Gasteiger partial charge in [0, 0.05) is 18.6 Å². The smallest absolute Gasteiger partial charge is 0.00817 e. The van der Waals surface area contributed by atoms with Crippen LogP contribution in [0.15, 0.2) is 0 Å². The zero-order chi connectivity index (χ0) is 12.1. The molecule has 100 valence electrons. The maximum absolute atomic E-state index is 3.78. The van der Waals surface area contributed by atoms with Crippen molar-refractivity contribution in [2.45, 2.75) is 77.3 Å². The van der Waals surface area contributed by atoms with Gasteiger partial charge in [-0.25, -0.2) is 0 Å². The van der Waals surface area contributed by atoms with Gasteiger partial charge in [-0.1, -0.05) is 19.8 Å². The van der Waals surface area contributed by atoms with Crippen LogP contribution < -0.4 is 10.6 Å². The van der Waals surface area contributed by atoms with E-state index < -0.39 is 0 Å². The summed E-state index contributed by atoms with van der Waals surface area (Å²) in [5.74, 6) is 0. The number of hydrogen-bond donors (Lipinski definition) is 2. The highest BCUT2D eigenvalue weighted by Gasteiger charge is 2.34. The summed E-state index contributed by atoms with van der Waals surface area (Å²) in [6, 6.07) is 1.44. The summed E-state index contributed by atoms with van der Waals surface area (Å²) in [7, 11) is 0. The number of rotatable bonds is 6. The summed E-state index contributed by atoms with van der Waals surface area (Å²) in [4.78, 5) is 0.